The van der Waals surface area contributed by atoms with Crippen molar-refractivity contribution in [3.8, 4) is 5.75 Å². The smallest absolute Gasteiger partial charge is 0.291 e. The lowest BCUT2D eigenvalue weighted by Crippen LogP contribution is -2.47. The molecule has 7 heteroatoms. The van der Waals surface area contributed by atoms with Crippen LogP contribution >= 0.6 is 11.3 Å². The lowest BCUT2D eigenvalue weighted by molar-refractivity contribution is 0.0995. The highest BCUT2D eigenvalue weighted by Crippen LogP contribution is 2.46. The fourth-order valence-electron chi connectivity index (χ4n) is 5.25. The van der Waals surface area contributed by atoms with Gasteiger partial charge in [0.15, 0.2) is 5.76 Å². The van der Waals surface area contributed by atoms with Crippen molar-refractivity contribution in [2.45, 2.75) is 38.6 Å². The molecule has 0 saturated carbocycles. The lowest BCUT2D eigenvalue weighted by atomic mass is 9.88. The number of piperazine rings is 1. The molecule has 3 heterocycles. The summed E-state index contributed by atoms with van der Waals surface area (Å²) >= 11 is 1.75. The van der Waals surface area contributed by atoms with Crippen molar-refractivity contribution in [2.24, 2.45) is 0 Å². The summed E-state index contributed by atoms with van der Waals surface area (Å²) in [5, 5.41) is 4.18. The van der Waals surface area contributed by atoms with E-state index in [2.05, 4.69) is 40.2 Å². The van der Waals surface area contributed by atoms with Gasteiger partial charge in [0.1, 0.15) is 10.8 Å². The van der Waals surface area contributed by atoms with Crippen LogP contribution in [0.4, 0.5) is 5.00 Å². The zero-order valence-corrected chi connectivity index (χ0v) is 20.8. The highest BCUT2D eigenvalue weighted by atomic mass is 32.1. The van der Waals surface area contributed by atoms with E-state index in [4.69, 9.17) is 9.15 Å². The Balaban J connectivity index is 1.59. The fraction of sp³-hybridized carbons (Fsp3) is 0.444. The summed E-state index contributed by atoms with van der Waals surface area (Å²) in [6.07, 6.45) is 6.08. The Kier molecular flexibility index (Phi) is 7.04. The third-order valence-corrected chi connectivity index (χ3v) is 8.31. The number of ether oxygens (including phenoxy) is 1. The predicted molar refractivity (Wildman–Crippen MR) is 136 cm³/mol. The zero-order chi connectivity index (χ0) is 23.5. The first kappa shape index (κ1) is 23.1. The molecule has 1 aromatic carbocycles. The standard InChI is InChI=1S/C27H33N3O3S/c1-3-29-13-15-30(16-14-29)25(19-8-6-9-20(18-19)32-2)24-21-10-4-5-12-23(21)34-27(24)28-26(31)22-11-7-17-33-22/h6-9,11,17-18,25H,3-5,10,12-16H2,1-2H3,(H,28,31)/t25-/m1/s1. The van der Waals surface area contributed by atoms with Crippen LogP contribution in [-0.2, 0) is 12.8 Å². The van der Waals surface area contributed by atoms with Crippen LogP contribution in [0.3, 0.4) is 0 Å². The zero-order valence-electron chi connectivity index (χ0n) is 20.0. The highest BCUT2D eigenvalue weighted by molar-refractivity contribution is 7.16. The number of nitrogens with one attached hydrogen (secondary N) is 1. The number of fused-ring (bicyclic) bond motifs is 1. The Labute approximate surface area is 205 Å². The van der Waals surface area contributed by atoms with Gasteiger partial charge in [-0.3, -0.25) is 9.69 Å². The SMILES string of the molecule is CCN1CCN([C@H](c2cccc(OC)c2)c2c(NC(=O)c3ccco3)sc3c2CCCC3)CC1. The number of benzene rings is 1. The summed E-state index contributed by atoms with van der Waals surface area (Å²) in [5.74, 6) is 1.01. The van der Waals surface area contributed by atoms with Crippen molar-refractivity contribution >= 4 is 22.2 Å². The van der Waals surface area contributed by atoms with Crippen LogP contribution in [0.5, 0.6) is 5.75 Å². The molecular weight excluding hydrogens is 446 g/mol. The number of carbonyl (C=O) groups excluding carboxylic acids is 1. The van der Waals surface area contributed by atoms with Gasteiger partial charge in [-0.05, 0) is 67.6 Å². The van der Waals surface area contributed by atoms with Gasteiger partial charge in [0, 0.05) is 36.6 Å². The normalized spacial score (nSPS) is 17.8. The molecule has 34 heavy (non-hydrogen) atoms. The van der Waals surface area contributed by atoms with Crippen LogP contribution in [0, 0.1) is 0 Å². The Morgan fingerprint density at radius 2 is 1.97 bits per heavy atom. The monoisotopic (exact) mass is 479 g/mol. The maximum absolute atomic E-state index is 13.0. The molecule has 0 unspecified atom stereocenters. The van der Waals surface area contributed by atoms with E-state index in [1.165, 1.54) is 34.4 Å². The lowest BCUT2D eigenvalue weighted by Gasteiger charge is -2.40. The Morgan fingerprint density at radius 3 is 2.71 bits per heavy atom. The number of thiophene rings is 1. The van der Waals surface area contributed by atoms with Crippen LogP contribution in [0.1, 0.15) is 57.9 Å². The van der Waals surface area contributed by atoms with Crippen LogP contribution in [0.2, 0.25) is 0 Å². The minimum atomic E-state index is -0.190. The van der Waals surface area contributed by atoms with Crippen LogP contribution in [0.15, 0.2) is 47.1 Å². The largest absolute Gasteiger partial charge is 0.497 e. The first-order chi connectivity index (χ1) is 16.7. The van der Waals surface area contributed by atoms with Crippen molar-refractivity contribution in [1.82, 2.24) is 9.80 Å². The van der Waals surface area contributed by atoms with E-state index in [0.29, 0.717) is 5.76 Å². The third kappa shape index (κ3) is 4.65. The van der Waals surface area contributed by atoms with Crippen molar-refractivity contribution in [3.05, 3.63) is 70.0 Å². The maximum Gasteiger partial charge on any atom is 0.291 e. The number of amides is 1. The van der Waals surface area contributed by atoms with Gasteiger partial charge in [0.25, 0.3) is 5.91 Å². The molecular formula is C27H33N3O3S. The number of anilines is 1. The van der Waals surface area contributed by atoms with E-state index < -0.39 is 0 Å². The number of carbonyl (C=O) groups is 1. The molecule has 0 radical (unpaired) electrons. The van der Waals surface area contributed by atoms with Gasteiger partial charge < -0.3 is 19.4 Å². The molecule has 1 atom stereocenters. The molecule has 2 aliphatic rings. The van der Waals surface area contributed by atoms with Crippen molar-refractivity contribution in [2.75, 3.05) is 45.2 Å². The van der Waals surface area contributed by atoms with Crippen molar-refractivity contribution in [1.29, 1.82) is 0 Å². The second-order valence-corrected chi connectivity index (χ2v) is 10.1. The molecule has 1 aliphatic heterocycles. The van der Waals surface area contributed by atoms with E-state index in [0.717, 1.165) is 56.3 Å². The third-order valence-electron chi connectivity index (χ3n) is 7.09. The topological polar surface area (TPSA) is 58.0 Å². The Bertz CT molecular complexity index is 1120. The van der Waals surface area contributed by atoms with Crippen LogP contribution in [-0.4, -0.2) is 55.5 Å². The second-order valence-electron chi connectivity index (χ2n) is 9.03. The minimum absolute atomic E-state index is 0.0686. The van der Waals surface area contributed by atoms with E-state index in [1.54, 1.807) is 36.8 Å². The molecule has 0 bridgehead atoms. The molecule has 6 nitrogen and oxygen atoms in total. The van der Waals surface area contributed by atoms with Crippen LogP contribution in [0.25, 0.3) is 0 Å². The van der Waals surface area contributed by atoms with E-state index in [1.807, 2.05) is 6.07 Å². The summed E-state index contributed by atoms with van der Waals surface area (Å²) < 4.78 is 11.0. The molecule has 1 saturated heterocycles. The maximum atomic E-state index is 13.0. The predicted octanol–water partition coefficient (Wildman–Crippen LogP) is 5.21. The second kappa shape index (κ2) is 10.3. The first-order valence-electron chi connectivity index (χ1n) is 12.3. The average Bonchev–Trinajstić information content (AvgIpc) is 3.54. The van der Waals surface area contributed by atoms with Crippen molar-refractivity contribution in [3.63, 3.8) is 0 Å². The van der Waals surface area contributed by atoms with E-state index in [-0.39, 0.29) is 11.9 Å². The van der Waals surface area contributed by atoms with Gasteiger partial charge >= 0.3 is 0 Å². The Hall–Kier alpha value is -2.61. The number of furan rings is 1. The minimum Gasteiger partial charge on any atom is -0.497 e. The molecule has 0 spiro atoms. The van der Waals surface area contributed by atoms with Gasteiger partial charge in [0.05, 0.1) is 19.4 Å². The quantitative estimate of drug-likeness (QED) is 0.504. The molecule has 3 aromatic rings. The summed E-state index contributed by atoms with van der Waals surface area (Å²) in [6.45, 7) is 7.40. The Morgan fingerprint density at radius 1 is 1.15 bits per heavy atom. The molecule has 180 valence electrons. The number of hydrogen-bond donors (Lipinski definition) is 1. The number of rotatable bonds is 7. The van der Waals surface area contributed by atoms with Gasteiger partial charge in [-0.25, -0.2) is 0 Å². The number of aryl methyl sites for hydroxylation is 1. The number of nitrogens with zero attached hydrogens (tertiary/aromatic N) is 2. The molecule has 1 fully saturated rings. The summed E-state index contributed by atoms with van der Waals surface area (Å²) in [6, 6.07) is 12.0. The summed E-state index contributed by atoms with van der Waals surface area (Å²) in [5.41, 5.74) is 3.90. The van der Waals surface area contributed by atoms with E-state index in [9.17, 15) is 4.79 Å². The highest BCUT2D eigenvalue weighted by Gasteiger charge is 2.34. The fourth-order valence-corrected chi connectivity index (χ4v) is 6.57. The average molecular weight is 480 g/mol. The molecule has 1 aliphatic carbocycles. The number of methoxy groups -OCH3 is 1. The van der Waals surface area contributed by atoms with Gasteiger partial charge in [0.2, 0.25) is 0 Å². The number of hydrogen-bond acceptors (Lipinski definition) is 6. The van der Waals surface area contributed by atoms with Crippen molar-refractivity contribution < 1.29 is 13.9 Å². The molecule has 1 amide bonds. The van der Waals surface area contributed by atoms with Crippen LogP contribution < -0.4 is 10.1 Å². The molecule has 1 N–H and O–H groups in total. The number of likely N-dealkylation sites (N-methyl/N-ethyl adjacent to an activating group) is 1. The van der Waals surface area contributed by atoms with E-state index >= 15 is 0 Å². The first-order valence-corrected chi connectivity index (χ1v) is 13.1. The van der Waals surface area contributed by atoms with Gasteiger partial charge in [-0.1, -0.05) is 19.1 Å². The summed E-state index contributed by atoms with van der Waals surface area (Å²) in [4.78, 5) is 19.5. The molecule has 2 aromatic heterocycles. The summed E-state index contributed by atoms with van der Waals surface area (Å²) in [7, 11) is 1.72. The van der Waals surface area contributed by atoms with Gasteiger partial charge in [-0.15, -0.1) is 11.3 Å². The molecule has 5 rings (SSSR count). The van der Waals surface area contributed by atoms with Gasteiger partial charge in [-0.2, -0.15) is 0 Å².